The van der Waals surface area contributed by atoms with Crippen LogP contribution in [0.4, 0.5) is 11.6 Å². The minimum Gasteiger partial charge on any atom is -0.354 e. The van der Waals surface area contributed by atoms with Gasteiger partial charge in [-0.25, -0.2) is 9.97 Å². The van der Waals surface area contributed by atoms with Gasteiger partial charge in [-0.2, -0.15) is 0 Å². The first-order chi connectivity index (χ1) is 10.1. The highest BCUT2D eigenvalue weighted by Gasteiger charge is 2.03. The lowest BCUT2D eigenvalue weighted by molar-refractivity contribution is -0.384. The highest BCUT2D eigenvalue weighted by atomic mass is 16.6. The molecule has 0 bridgehead atoms. The third-order valence-corrected chi connectivity index (χ3v) is 3.10. The molecule has 1 heterocycles. The molecule has 2 aromatic rings. The van der Waals surface area contributed by atoms with E-state index in [-0.39, 0.29) is 10.6 Å². The zero-order valence-corrected chi connectivity index (χ0v) is 12.0. The summed E-state index contributed by atoms with van der Waals surface area (Å²) in [5, 5.41) is 13.7. The van der Waals surface area contributed by atoms with Gasteiger partial charge in [-0.15, -0.1) is 0 Å². The van der Waals surface area contributed by atoms with Crippen LogP contribution in [0.3, 0.4) is 0 Å². The summed E-state index contributed by atoms with van der Waals surface area (Å²) in [5.74, 6) is 0.649. The Morgan fingerprint density at radius 2 is 1.81 bits per heavy atom. The van der Waals surface area contributed by atoms with Gasteiger partial charge in [0.25, 0.3) is 5.69 Å². The number of nitrogens with one attached hydrogen (secondary N) is 1. The van der Waals surface area contributed by atoms with Crippen LogP contribution in [0, 0.1) is 17.0 Å². The second kappa shape index (κ2) is 7.33. The number of unbranched alkanes of at least 4 members (excludes halogenated alkanes) is 1. The largest absolute Gasteiger partial charge is 0.354 e. The number of aromatic nitrogens is 2. The fourth-order valence-electron chi connectivity index (χ4n) is 1.92. The van der Waals surface area contributed by atoms with Crippen molar-refractivity contribution in [1.29, 1.82) is 0 Å². The zero-order valence-electron chi connectivity index (χ0n) is 12.0. The molecule has 110 valence electrons. The summed E-state index contributed by atoms with van der Waals surface area (Å²) < 4.78 is 0. The third kappa shape index (κ3) is 4.83. The van der Waals surface area contributed by atoms with Gasteiger partial charge in [-0.3, -0.25) is 10.1 Å². The van der Waals surface area contributed by atoms with Crippen molar-refractivity contribution in [2.45, 2.75) is 26.2 Å². The molecule has 6 heteroatoms. The van der Waals surface area contributed by atoms with E-state index in [0.29, 0.717) is 5.95 Å². The van der Waals surface area contributed by atoms with Crippen LogP contribution in [0.1, 0.15) is 24.0 Å². The van der Waals surface area contributed by atoms with Crippen molar-refractivity contribution in [2.75, 3.05) is 11.9 Å². The van der Waals surface area contributed by atoms with Gasteiger partial charge in [-0.1, -0.05) is 12.1 Å². The van der Waals surface area contributed by atoms with Crippen LogP contribution in [-0.2, 0) is 6.42 Å². The fraction of sp³-hybridized carbons (Fsp3) is 0.333. The number of hydrogen-bond donors (Lipinski definition) is 1. The average Bonchev–Trinajstić information content (AvgIpc) is 2.49. The molecule has 0 spiro atoms. The number of hydrogen-bond acceptors (Lipinski definition) is 5. The fourth-order valence-corrected chi connectivity index (χ4v) is 1.92. The maximum absolute atomic E-state index is 10.6. The summed E-state index contributed by atoms with van der Waals surface area (Å²) in [4.78, 5) is 18.5. The number of anilines is 1. The molecule has 0 radical (unpaired) electrons. The van der Waals surface area contributed by atoms with Gasteiger partial charge in [0, 0.05) is 31.1 Å². The molecule has 1 N–H and O–H groups in total. The number of nitro benzene ring substituents is 1. The van der Waals surface area contributed by atoms with Gasteiger partial charge < -0.3 is 5.32 Å². The van der Waals surface area contributed by atoms with Crippen LogP contribution < -0.4 is 5.32 Å². The molecule has 0 unspecified atom stereocenters. The smallest absolute Gasteiger partial charge is 0.269 e. The Kier molecular flexibility index (Phi) is 5.20. The lowest BCUT2D eigenvalue weighted by Crippen LogP contribution is -2.05. The predicted octanol–water partition coefficient (Wildman–Crippen LogP) is 3.13. The Balaban J connectivity index is 1.67. The van der Waals surface area contributed by atoms with Crippen molar-refractivity contribution < 1.29 is 4.92 Å². The molecule has 1 aromatic heterocycles. The molecule has 0 atom stereocenters. The number of rotatable bonds is 7. The van der Waals surface area contributed by atoms with Crippen LogP contribution in [0.15, 0.2) is 36.7 Å². The Bertz CT molecular complexity index is 582. The van der Waals surface area contributed by atoms with Crippen molar-refractivity contribution >= 4 is 11.6 Å². The van der Waals surface area contributed by atoms with Crippen molar-refractivity contribution in [2.24, 2.45) is 0 Å². The standard InChI is InChI=1S/C15H18N4O2/c1-12-10-17-15(18-11-12)16-9-3-2-4-13-5-7-14(8-6-13)19(20)21/h5-8,10-11H,2-4,9H2,1H3,(H,16,17,18). The molecule has 1 aromatic carbocycles. The summed E-state index contributed by atoms with van der Waals surface area (Å²) in [6.07, 6.45) is 6.48. The summed E-state index contributed by atoms with van der Waals surface area (Å²) in [6, 6.07) is 6.73. The maximum Gasteiger partial charge on any atom is 0.269 e. The molecule has 0 amide bonds. The van der Waals surface area contributed by atoms with E-state index >= 15 is 0 Å². The van der Waals surface area contributed by atoms with Gasteiger partial charge in [0.2, 0.25) is 5.95 Å². The SMILES string of the molecule is Cc1cnc(NCCCCc2ccc([N+](=O)[O-])cc2)nc1. The molecule has 0 saturated heterocycles. The van der Waals surface area contributed by atoms with E-state index in [2.05, 4.69) is 15.3 Å². The van der Waals surface area contributed by atoms with Crippen LogP contribution in [-0.4, -0.2) is 21.4 Å². The van der Waals surface area contributed by atoms with Crippen LogP contribution in [0.2, 0.25) is 0 Å². The molecular weight excluding hydrogens is 268 g/mol. The summed E-state index contributed by atoms with van der Waals surface area (Å²) >= 11 is 0. The summed E-state index contributed by atoms with van der Waals surface area (Å²) in [5.41, 5.74) is 2.29. The maximum atomic E-state index is 10.6. The Morgan fingerprint density at radius 3 is 2.43 bits per heavy atom. The van der Waals surface area contributed by atoms with E-state index in [4.69, 9.17) is 0 Å². The second-order valence-corrected chi connectivity index (χ2v) is 4.89. The Morgan fingerprint density at radius 1 is 1.14 bits per heavy atom. The zero-order chi connectivity index (χ0) is 15.1. The topological polar surface area (TPSA) is 81.0 Å². The predicted molar refractivity (Wildman–Crippen MR) is 81.3 cm³/mol. The summed E-state index contributed by atoms with van der Waals surface area (Å²) in [6.45, 7) is 2.77. The lowest BCUT2D eigenvalue weighted by Gasteiger charge is -2.05. The first kappa shape index (κ1) is 14.9. The number of benzene rings is 1. The number of nitrogens with zero attached hydrogens (tertiary/aromatic N) is 3. The molecule has 2 rings (SSSR count). The third-order valence-electron chi connectivity index (χ3n) is 3.10. The van der Waals surface area contributed by atoms with E-state index in [0.717, 1.165) is 36.9 Å². The molecule has 0 aliphatic carbocycles. The number of nitro groups is 1. The van der Waals surface area contributed by atoms with Crippen molar-refractivity contribution in [3.63, 3.8) is 0 Å². The second-order valence-electron chi connectivity index (χ2n) is 4.89. The summed E-state index contributed by atoms with van der Waals surface area (Å²) in [7, 11) is 0. The first-order valence-electron chi connectivity index (χ1n) is 6.91. The lowest BCUT2D eigenvalue weighted by atomic mass is 10.1. The van der Waals surface area contributed by atoms with Crippen molar-refractivity contribution in [1.82, 2.24) is 9.97 Å². The van der Waals surface area contributed by atoms with E-state index in [1.54, 1.807) is 24.5 Å². The van der Waals surface area contributed by atoms with Crippen LogP contribution >= 0.6 is 0 Å². The average molecular weight is 286 g/mol. The van der Waals surface area contributed by atoms with Crippen LogP contribution in [0.25, 0.3) is 0 Å². The normalized spacial score (nSPS) is 10.3. The Labute approximate surface area is 123 Å². The quantitative estimate of drug-likeness (QED) is 0.480. The number of aryl methyl sites for hydroxylation is 2. The monoisotopic (exact) mass is 286 g/mol. The van der Waals surface area contributed by atoms with Crippen molar-refractivity contribution in [3.8, 4) is 0 Å². The molecule has 0 fully saturated rings. The van der Waals surface area contributed by atoms with E-state index < -0.39 is 0 Å². The molecular formula is C15H18N4O2. The van der Waals surface area contributed by atoms with Crippen molar-refractivity contribution in [3.05, 3.63) is 57.9 Å². The van der Waals surface area contributed by atoms with Gasteiger partial charge in [0.1, 0.15) is 0 Å². The minimum absolute atomic E-state index is 0.136. The first-order valence-corrected chi connectivity index (χ1v) is 6.91. The van der Waals surface area contributed by atoms with Gasteiger partial charge in [0.15, 0.2) is 0 Å². The van der Waals surface area contributed by atoms with E-state index in [1.165, 1.54) is 0 Å². The molecule has 6 nitrogen and oxygen atoms in total. The minimum atomic E-state index is -0.380. The Hall–Kier alpha value is -2.50. The number of non-ortho nitro benzene ring substituents is 1. The molecule has 21 heavy (non-hydrogen) atoms. The molecule has 0 aliphatic heterocycles. The van der Waals surface area contributed by atoms with E-state index in [9.17, 15) is 10.1 Å². The highest BCUT2D eigenvalue weighted by molar-refractivity contribution is 5.32. The van der Waals surface area contributed by atoms with Gasteiger partial charge >= 0.3 is 0 Å². The van der Waals surface area contributed by atoms with Gasteiger partial charge in [-0.05, 0) is 37.3 Å². The van der Waals surface area contributed by atoms with Gasteiger partial charge in [0.05, 0.1) is 4.92 Å². The molecule has 0 aliphatic rings. The highest BCUT2D eigenvalue weighted by Crippen LogP contribution is 2.13. The molecule has 0 saturated carbocycles. The van der Waals surface area contributed by atoms with Crippen LogP contribution in [0.5, 0.6) is 0 Å². The van der Waals surface area contributed by atoms with E-state index in [1.807, 2.05) is 19.1 Å².